The van der Waals surface area contributed by atoms with Gasteiger partial charge in [-0.15, -0.1) is 0 Å². The van der Waals surface area contributed by atoms with Crippen molar-refractivity contribution in [1.29, 1.82) is 0 Å². The average molecular weight is 352 g/mol. The lowest BCUT2D eigenvalue weighted by Gasteiger charge is -2.08. The third kappa shape index (κ3) is 2.58. The smallest absolute Gasteiger partial charge is 0.226 e. The molecule has 0 fully saturated rings. The molecule has 0 aliphatic carbocycles. The van der Waals surface area contributed by atoms with Crippen LogP contribution in [-0.2, 0) is 10.0 Å². The van der Waals surface area contributed by atoms with Crippen LogP contribution in [0.25, 0.3) is 0 Å². The first-order chi connectivity index (χ1) is 6.75. The number of halogens is 4. The molecule has 15 heavy (non-hydrogen) atoms. The summed E-state index contributed by atoms with van der Waals surface area (Å²) in [7, 11) is -4.33. The van der Waals surface area contributed by atoms with E-state index in [1.807, 2.05) is 0 Å². The molecule has 0 bridgehead atoms. The van der Waals surface area contributed by atoms with Crippen LogP contribution < -0.4 is 5.14 Å². The number of nitrogens with two attached hydrogens (primary N) is 1. The maximum atomic E-state index is 12.8. The van der Waals surface area contributed by atoms with Gasteiger partial charge in [0.25, 0.3) is 6.43 Å². The first kappa shape index (κ1) is 12.6. The van der Waals surface area contributed by atoms with Crippen molar-refractivity contribution in [3.05, 3.63) is 21.3 Å². The van der Waals surface area contributed by atoms with E-state index in [0.717, 1.165) is 0 Å². The Labute approximate surface area is 96.9 Å². The van der Waals surface area contributed by atoms with Crippen LogP contribution in [0.4, 0.5) is 13.2 Å². The van der Waals surface area contributed by atoms with Crippen molar-refractivity contribution in [2.45, 2.75) is 11.3 Å². The molecule has 0 unspecified atom stereocenters. The molecule has 4 nitrogen and oxygen atoms in total. The van der Waals surface area contributed by atoms with E-state index in [1.54, 1.807) is 0 Å². The summed E-state index contributed by atoms with van der Waals surface area (Å²) in [5.74, 6) is -1.15. The Morgan fingerprint density at radius 2 is 2.00 bits per heavy atom. The standard InChI is InChI=1S/C6H4F3IN2O2S/c7-5(8)3-2(15(11,13)14)1-12-6(9)4(3)10/h1,5H,(H2,11,13,14). The molecule has 0 aliphatic rings. The van der Waals surface area contributed by atoms with Crippen LogP contribution in [0, 0.1) is 9.52 Å². The number of alkyl halides is 2. The van der Waals surface area contributed by atoms with Crippen molar-refractivity contribution >= 4 is 32.6 Å². The summed E-state index contributed by atoms with van der Waals surface area (Å²) in [6.45, 7) is 0. The SMILES string of the molecule is NS(=O)(=O)c1cnc(F)c(I)c1C(F)F. The minimum Gasteiger partial charge on any atom is -0.226 e. The lowest BCUT2D eigenvalue weighted by molar-refractivity contribution is 0.146. The number of aromatic nitrogens is 1. The average Bonchev–Trinajstić information content (AvgIpc) is 2.06. The van der Waals surface area contributed by atoms with Gasteiger partial charge in [-0.1, -0.05) is 0 Å². The second-order valence-electron chi connectivity index (χ2n) is 2.49. The van der Waals surface area contributed by atoms with Crippen molar-refractivity contribution in [3.63, 3.8) is 0 Å². The zero-order valence-electron chi connectivity index (χ0n) is 6.92. The lowest BCUT2D eigenvalue weighted by Crippen LogP contribution is -2.17. The minimum atomic E-state index is -4.33. The Kier molecular flexibility index (Phi) is 3.55. The fraction of sp³-hybridized carbons (Fsp3) is 0.167. The van der Waals surface area contributed by atoms with E-state index < -0.39 is 36.4 Å². The number of pyridine rings is 1. The van der Waals surface area contributed by atoms with Crippen LogP contribution >= 0.6 is 22.6 Å². The van der Waals surface area contributed by atoms with Crippen molar-refractivity contribution in [2.75, 3.05) is 0 Å². The fourth-order valence-electron chi connectivity index (χ4n) is 0.891. The Morgan fingerprint density at radius 3 is 2.40 bits per heavy atom. The predicted octanol–water partition coefficient (Wildman–Crippen LogP) is 1.41. The van der Waals surface area contributed by atoms with Crippen molar-refractivity contribution in [1.82, 2.24) is 4.98 Å². The van der Waals surface area contributed by atoms with Crippen molar-refractivity contribution in [2.24, 2.45) is 5.14 Å². The van der Waals surface area contributed by atoms with E-state index >= 15 is 0 Å². The molecule has 84 valence electrons. The molecule has 0 aliphatic heterocycles. The number of nitrogens with zero attached hydrogens (tertiary/aromatic N) is 1. The number of hydrogen-bond donors (Lipinski definition) is 1. The fourth-order valence-corrected chi connectivity index (χ4v) is 2.44. The molecule has 0 saturated heterocycles. The summed E-state index contributed by atoms with van der Waals surface area (Å²) >= 11 is 1.25. The number of primary sulfonamides is 1. The molecule has 0 amide bonds. The van der Waals surface area contributed by atoms with E-state index in [-0.39, 0.29) is 0 Å². The summed E-state index contributed by atoms with van der Waals surface area (Å²) in [6, 6.07) is 0. The highest BCUT2D eigenvalue weighted by molar-refractivity contribution is 14.1. The van der Waals surface area contributed by atoms with Gasteiger partial charge in [-0.2, -0.15) is 4.39 Å². The minimum absolute atomic E-state index is 0.480. The van der Waals surface area contributed by atoms with Gasteiger partial charge < -0.3 is 0 Å². The molecular formula is C6H4F3IN2O2S. The molecule has 1 aromatic rings. The van der Waals surface area contributed by atoms with Crippen LogP contribution in [0.3, 0.4) is 0 Å². The first-order valence-electron chi connectivity index (χ1n) is 3.40. The van der Waals surface area contributed by atoms with E-state index in [0.29, 0.717) is 6.20 Å². The molecular weight excluding hydrogens is 348 g/mol. The van der Waals surface area contributed by atoms with Crippen molar-refractivity contribution < 1.29 is 21.6 Å². The molecule has 0 aromatic carbocycles. The zero-order chi connectivity index (χ0) is 11.8. The summed E-state index contributed by atoms with van der Waals surface area (Å²) in [5.41, 5.74) is -0.953. The monoisotopic (exact) mass is 352 g/mol. The second-order valence-corrected chi connectivity index (χ2v) is 5.10. The van der Waals surface area contributed by atoms with Crippen LogP contribution in [0.15, 0.2) is 11.1 Å². The largest absolute Gasteiger partial charge is 0.266 e. The van der Waals surface area contributed by atoms with Gasteiger partial charge in [-0.3, -0.25) is 0 Å². The Hall–Kier alpha value is -0.420. The normalized spacial score (nSPS) is 12.1. The highest BCUT2D eigenvalue weighted by Gasteiger charge is 2.26. The Balaban J connectivity index is 3.62. The van der Waals surface area contributed by atoms with Gasteiger partial charge in [0.05, 0.1) is 15.3 Å². The summed E-state index contributed by atoms with van der Waals surface area (Å²) < 4.78 is 59.0. The van der Waals surface area contributed by atoms with E-state index in [9.17, 15) is 21.6 Å². The summed E-state index contributed by atoms with van der Waals surface area (Å²) in [5, 5.41) is 4.69. The molecule has 0 spiro atoms. The van der Waals surface area contributed by atoms with Crippen LogP contribution in [0.5, 0.6) is 0 Å². The van der Waals surface area contributed by atoms with Gasteiger partial charge in [0.1, 0.15) is 4.90 Å². The zero-order valence-corrected chi connectivity index (χ0v) is 9.89. The van der Waals surface area contributed by atoms with E-state index in [2.05, 4.69) is 10.1 Å². The van der Waals surface area contributed by atoms with Gasteiger partial charge in [-0.05, 0) is 22.6 Å². The number of hydrogen-bond acceptors (Lipinski definition) is 3. The lowest BCUT2D eigenvalue weighted by atomic mass is 10.3. The van der Waals surface area contributed by atoms with Gasteiger partial charge in [0, 0.05) is 0 Å². The number of rotatable bonds is 2. The molecule has 0 atom stereocenters. The Bertz CT molecular complexity index is 491. The maximum absolute atomic E-state index is 12.8. The molecule has 1 aromatic heterocycles. The molecule has 2 N–H and O–H groups in total. The van der Waals surface area contributed by atoms with Crippen molar-refractivity contribution in [3.8, 4) is 0 Å². The molecule has 1 heterocycles. The molecule has 0 radical (unpaired) electrons. The highest BCUT2D eigenvalue weighted by atomic mass is 127. The predicted molar refractivity (Wildman–Crippen MR) is 53.2 cm³/mol. The Morgan fingerprint density at radius 1 is 1.47 bits per heavy atom. The topological polar surface area (TPSA) is 73.1 Å². The second kappa shape index (κ2) is 4.22. The van der Waals surface area contributed by atoms with Gasteiger partial charge in [0.2, 0.25) is 16.0 Å². The summed E-state index contributed by atoms with van der Waals surface area (Å²) in [4.78, 5) is 2.16. The van der Waals surface area contributed by atoms with Gasteiger partial charge in [-0.25, -0.2) is 27.3 Å². The summed E-state index contributed by atoms with van der Waals surface area (Å²) in [6.07, 6.45) is -2.66. The maximum Gasteiger partial charge on any atom is 0.266 e. The van der Waals surface area contributed by atoms with Crippen LogP contribution in [0.1, 0.15) is 12.0 Å². The molecule has 9 heteroatoms. The molecule has 0 saturated carbocycles. The molecule has 1 rings (SSSR count). The van der Waals surface area contributed by atoms with Crippen LogP contribution in [-0.4, -0.2) is 13.4 Å². The van der Waals surface area contributed by atoms with E-state index in [1.165, 1.54) is 22.6 Å². The third-order valence-corrected chi connectivity index (χ3v) is 3.47. The third-order valence-electron chi connectivity index (χ3n) is 1.50. The quantitative estimate of drug-likeness (QED) is 0.646. The first-order valence-corrected chi connectivity index (χ1v) is 6.02. The van der Waals surface area contributed by atoms with Gasteiger partial charge >= 0.3 is 0 Å². The van der Waals surface area contributed by atoms with E-state index in [4.69, 9.17) is 0 Å². The number of sulfonamides is 1. The highest BCUT2D eigenvalue weighted by Crippen LogP contribution is 2.30. The van der Waals surface area contributed by atoms with Crippen LogP contribution in [0.2, 0.25) is 0 Å². The van der Waals surface area contributed by atoms with Gasteiger partial charge in [0.15, 0.2) is 0 Å².